The molecule has 0 saturated heterocycles. The fourth-order valence-corrected chi connectivity index (χ4v) is 0.888. The van der Waals surface area contributed by atoms with Gasteiger partial charge in [0.15, 0.2) is 0 Å². The van der Waals surface area contributed by atoms with Crippen molar-refractivity contribution < 1.29 is 9.90 Å². The molecule has 0 aromatic rings. The molecule has 0 bridgehead atoms. The Morgan fingerprint density at radius 1 is 1.62 bits per heavy atom. The minimum Gasteiger partial charge on any atom is -0.394 e. The first-order chi connectivity index (χ1) is 6.11. The summed E-state index contributed by atoms with van der Waals surface area (Å²) in [6, 6.07) is -0.162. The molecule has 3 nitrogen and oxygen atoms in total. The molecule has 0 heterocycles. The zero-order valence-corrected chi connectivity index (χ0v) is 8.21. The van der Waals surface area contributed by atoms with E-state index in [2.05, 4.69) is 11.2 Å². The van der Waals surface area contributed by atoms with E-state index in [1.165, 1.54) is 0 Å². The molecular weight excluding hydrogens is 166 g/mol. The van der Waals surface area contributed by atoms with Crippen molar-refractivity contribution in [3.63, 3.8) is 0 Å². The highest BCUT2D eigenvalue weighted by molar-refractivity contribution is 5.76. The van der Waals surface area contributed by atoms with Gasteiger partial charge in [-0.25, -0.2) is 0 Å². The van der Waals surface area contributed by atoms with E-state index in [0.29, 0.717) is 12.8 Å². The highest BCUT2D eigenvalue weighted by Gasteiger charge is 2.13. The van der Waals surface area contributed by atoms with Crippen molar-refractivity contribution in [1.82, 2.24) is 5.32 Å². The van der Waals surface area contributed by atoms with E-state index in [1.807, 2.05) is 13.8 Å². The number of rotatable bonds is 5. The van der Waals surface area contributed by atoms with E-state index >= 15 is 0 Å². The van der Waals surface area contributed by atoms with Crippen molar-refractivity contribution >= 4 is 5.91 Å². The summed E-state index contributed by atoms with van der Waals surface area (Å²) >= 11 is 0. The lowest BCUT2D eigenvalue weighted by Gasteiger charge is -2.19. The Hall–Kier alpha value is -1.01. The highest BCUT2D eigenvalue weighted by atomic mass is 16.3. The Morgan fingerprint density at radius 2 is 2.23 bits per heavy atom. The molecule has 1 amide bonds. The SMILES string of the molecule is C#CCCC(=O)N[C@H](CO)C(C)C. The lowest BCUT2D eigenvalue weighted by Crippen LogP contribution is -2.40. The summed E-state index contributed by atoms with van der Waals surface area (Å²) < 4.78 is 0. The van der Waals surface area contributed by atoms with E-state index in [1.54, 1.807) is 0 Å². The van der Waals surface area contributed by atoms with Crippen LogP contribution in [0.25, 0.3) is 0 Å². The molecule has 0 fully saturated rings. The Balaban J connectivity index is 3.81. The van der Waals surface area contributed by atoms with E-state index in [-0.39, 0.29) is 24.5 Å². The molecule has 0 rings (SSSR count). The van der Waals surface area contributed by atoms with Gasteiger partial charge in [-0.3, -0.25) is 4.79 Å². The minimum atomic E-state index is -0.162. The second-order valence-electron chi connectivity index (χ2n) is 3.30. The highest BCUT2D eigenvalue weighted by Crippen LogP contribution is 2.00. The molecule has 0 unspecified atom stereocenters. The van der Waals surface area contributed by atoms with E-state index < -0.39 is 0 Å². The molecule has 0 aliphatic carbocycles. The maximum absolute atomic E-state index is 11.2. The van der Waals surface area contributed by atoms with Crippen molar-refractivity contribution in [2.24, 2.45) is 5.92 Å². The molecule has 0 aliphatic rings. The summed E-state index contributed by atoms with van der Waals surface area (Å²) in [7, 11) is 0. The predicted octanol–water partition coefficient (Wildman–Crippen LogP) is 0.533. The Labute approximate surface area is 79.5 Å². The molecular formula is C10H17NO2. The predicted molar refractivity (Wildman–Crippen MR) is 51.9 cm³/mol. The number of nitrogens with one attached hydrogen (secondary N) is 1. The summed E-state index contributed by atoms with van der Waals surface area (Å²) in [4.78, 5) is 11.2. The van der Waals surface area contributed by atoms with Crippen LogP contribution >= 0.6 is 0 Å². The molecule has 0 saturated carbocycles. The van der Waals surface area contributed by atoms with Crippen LogP contribution in [0, 0.1) is 18.3 Å². The maximum Gasteiger partial charge on any atom is 0.221 e. The zero-order chi connectivity index (χ0) is 10.3. The third-order valence-corrected chi connectivity index (χ3v) is 1.84. The lowest BCUT2D eigenvalue weighted by molar-refractivity contribution is -0.122. The third kappa shape index (κ3) is 5.26. The Bertz CT molecular complexity index is 194. The largest absolute Gasteiger partial charge is 0.394 e. The van der Waals surface area contributed by atoms with Crippen LogP contribution in [-0.4, -0.2) is 23.7 Å². The molecule has 0 radical (unpaired) electrons. The normalized spacial score (nSPS) is 12.2. The van der Waals surface area contributed by atoms with E-state index in [4.69, 9.17) is 11.5 Å². The number of aliphatic hydroxyl groups is 1. The smallest absolute Gasteiger partial charge is 0.221 e. The molecule has 1 atom stereocenters. The average Bonchev–Trinajstić information content (AvgIpc) is 2.10. The fourth-order valence-electron chi connectivity index (χ4n) is 0.888. The Kier molecular flexibility index (Phi) is 5.99. The first-order valence-electron chi connectivity index (χ1n) is 4.45. The number of amides is 1. The molecule has 0 aliphatic heterocycles. The summed E-state index contributed by atoms with van der Waals surface area (Å²) in [5, 5.41) is 11.6. The second-order valence-corrected chi connectivity index (χ2v) is 3.30. The van der Waals surface area contributed by atoms with E-state index in [0.717, 1.165) is 0 Å². The fraction of sp³-hybridized carbons (Fsp3) is 0.700. The summed E-state index contributed by atoms with van der Waals surface area (Å²) in [6.07, 6.45) is 5.80. The summed E-state index contributed by atoms with van der Waals surface area (Å²) in [5.41, 5.74) is 0. The quantitative estimate of drug-likeness (QED) is 0.611. The van der Waals surface area contributed by atoms with Gasteiger partial charge in [0.1, 0.15) is 0 Å². The van der Waals surface area contributed by atoms with Crippen LogP contribution in [0.1, 0.15) is 26.7 Å². The number of terminal acetylenes is 1. The van der Waals surface area contributed by atoms with Crippen LogP contribution in [0.2, 0.25) is 0 Å². The third-order valence-electron chi connectivity index (χ3n) is 1.84. The number of hydrogen-bond donors (Lipinski definition) is 2. The number of hydrogen-bond acceptors (Lipinski definition) is 2. The van der Waals surface area contributed by atoms with Gasteiger partial charge >= 0.3 is 0 Å². The summed E-state index contributed by atoms with van der Waals surface area (Å²) in [6.45, 7) is 3.87. The summed E-state index contributed by atoms with van der Waals surface area (Å²) in [5.74, 6) is 2.54. The van der Waals surface area contributed by atoms with Crippen LogP contribution in [0.3, 0.4) is 0 Å². The average molecular weight is 183 g/mol. The second kappa shape index (κ2) is 6.50. The zero-order valence-electron chi connectivity index (χ0n) is 8.21. The number of carbonyl (C=O) groups is 1. The van der Waals surface area contributed by atoms with Gasteiger partial charge in [0.2, 0.25) is 5.91 Å². The van der Waals surface area contributed by atoms with E-state index in [9.17, 15) is 4.79 Å². The van der Waals surface area contributed by atoms with Crippen molar-refractivity contribution in [3.05, 3.63) is 0 Å². The molecule has 13 heavy (non-hydrogen) atoms. The molecule has 74 valence electrons. The van der Waals surface area contributed by atoms with Crippen LogP contribution < -0.4 is 5.32 Å². The van der Waals surface area contributed by atoms with Gasteiger partial charge in [0, 0.05) is 12.8 Å². The maximum atomic E-state index is 11.2. The number of aliphatic hydroxyl groups excluding tert-OH is 1. The molecule has 0 aromatic heterocycles. The minimum absolute atomic E-state index is 0.0283. The Morgan fingerprint density at radius 3 is 2.62 bits per heavy atom. The van der Waals surface area contributed by atoms with Crippen molar-refractivity contribution in [2.45, 2.75) is 32.7 Å². The molecule has 3 heteroatoms. The van der Waals surface area contributed by atoms with Gasteiger partial charge < -0.3 is 10.4 Å². The number of carbonyl (C=O) groups excluding carboxylic acids is 1. The van der Waals surface area contributed by atoms with Gasteiger partial charge in [-0.05, 0) is 5.92 Å². The van der Waals surface area contributed by atoms with Crippen LogP contribution in [-0.2, 0) is 4.79 Å². The van der Waals surface area contributed by atoms with Gasteiger partial charge in [-0.15, -0.1) is 12.3 Å². The molecule has 0 spiro atoms. The monoisotopic (exact) mass is 183 g/mol. The van der Waals surface area contributed by atoms with Gasteiger partial charge in [-0.1, -0.05) is 13.8 Å². The lowest BCUT2D eigenvalue weighted by atomic mass is 10.1. The van der Waals surface area contributed by atoms with Crippen molar-refractivity contribution in [3.8, 4) is 12.3 Å². The first-order valence-corrected chi connectivity index (χ1v) is 4.45. The standard InChI is InChI=1S/C10H17NO2/c1-4-5-6-10(13)11-9(7-12)8(2)3/h1,8-9,12H,5-7H2,2-3H3,(H,11,13)/t9-/m1/s1. The van der Waals surface area contributed by atoms with Crippen LogP contribution in [0.15, 0.2) is 0 Å². The topological polar surface area (TPSA) is 49.3 Å². The van der Waals surface area contributed by atoms with Crippen molar-refractivity contribution in [2.75, 3.05) is 6.61 Å². The van der Waals surface area contributed by atoms with Crippen LogP contribution in [0.4, 0.5) is 0 Å². The van der Waals surface area contributed by atoms with Crippen LogP contribution in [0.5, 0.6) is 0 Å². The van der Waals surface area contributed by atoms with Gasteiger partial charge in [0.25, 0.3) is 0 Å². The van der Waals surface area contributed by atoms with Gasteiger partial charge in [-0.2, -0.15) is 0 Å². The molecule has 2 N–H and O–H groups in total. The van der Waals surface area contributed by atoms with Crippen molar-refractivity contribution in [1.29, 1.82) is 0 Å². The van der Waals surface area contributed by atoms with Gasteiger partial charge in [0.05, 0.1) is 12.6 Å². The first kappa shape index (κ1) is 12.0. The molecule has 0 aromatic carbocycles.